The van der Waals surface area contributed by atoms with Gasteiger partial charge < -0.3 is 25.0 Å². The second kappa shape index (κ2) is 12.8. The molecule has 6 rings (SSSR count). The SMILES string of the molecule is CC(C)c1nnc(C2(C[C@@H](C)NCC(=O)N3[C@H](C#N)C[C@@H]4C[C@@H]43)c3ccc(C(=O)N(C)C)cc3CCc3cc(C(=O)N(C)C)ccc32)[nH]1. The van der Waals surface area contributed by atoms with Crippen LogP contribution in [0, 0.1) is 17.2 Å². The van der Waals surface area contributed by atoms with Crippen LogP contribution < -0.4 is 5.32 Å². The number of rotatable bonds is 9. The van der Waals surface area contributed by atoms with Crippen LogP contribution in [0.4, 0.5) is 0 Å². The number of H-pyrrole nitrogens is 1. The predicted molar refractivity (Wildman–Crippen MR) is 182 cm³/mol. The molecule has 0 spiro atoms. The van der Waals surface area contributed by atoms with Crippen LogP contribution in [-0.2, 0) is 23.1 Å². The summed E-state index contributed by atoms with van der Waals surface area (Å²) in [6.07, 6.45) is 3.59. The van der Waals surface area contributed by atoms with Gasteiger partial charge in [-0.15, -0.1) is 10.2 Å². The average Bonchev–Trinajstić information content (AvgIpc) is 3.48. The lowest BCUT2D eigenvalue weighted by Crippen LogP contribution is -2.46. The lowest BCUT2D eigenvalue weighted by Gasteiger charge is -2.37. The fourth-order valence-electron chi connectivity index (χ4n) is 7.74. The highest BCUT2D eigenvalue weighted by Gasteiger charge is 2.54. The van der Waals surface area contributed by atoms with Crippen LogP contribution in [0.1, 0.15) is 101 Å². The van der Waals surface area contributed by atoms with Gasteiger partial charge in [-0.2, -0.15) is 5.26 Å². The summed E-state index contributed by atoms with van der Waals surface area (Å²) in [5.74, 6) is 1.81. The van der Waals surface area contributed by atoms with E-state index in [0.29, 0.717) is 42.1 Å². The largest absolute Gasteiger partial charge is 0.345 e. The fraction of sp³-hybridized carbons (Fsp3) is 0.514. The van der Waals surface area contributed by atoms with Crippen molar-refractivity contribution in [2.75, 3.05) is 34.7 Å². The smallest absolute Gasteiger partial charge is 0.253 e. The van der Waals surface area contributed by atoms with Crippen LogP contribution in [0.15, 0.2) is 36.4 Å². The average molecular weight is 651 g/mol. The zero-order valence-electron chi connectivity index (χ0n) is 29.0. The van der Waals surface area contributed by atoms with Crippen LogP contribution in [0.3, 0.4) is 0 Å². The first-order valence-electron chi connectivity index (χ1n) is 16.9. The number of carbonyl (C=O) groups is 3. The number of nitriles is 1. The zero-order chi connectivity index (χ0) is 34.5. The maximum atomic E-state index is 13.5. The molecule has 2 aromatic carbocycles. The van der Waals surface area contributed by atoms with E-state index in [-0.39, 0.29) is 48.3 Å². The van der Waals surface area contributed by atoms with Crippen molar-refractivity contribution in [1.82, 2.24) is 35.2 Å². The molecule has 1 saturated carbocycles. The molecule has 11 nitrogen and oxygen atoms in total. The first-order valence-corrected chi connectivity index (χ1v) is 16.9. The van der Waals surface area contributed by atoms with Gasteiger partial charge in [-0.1, -0.05) is 26.0 Å². The minimum Gasteiger partial charge on any atom is -0.345 e. The molecule has 3 aliphatic rings. The van der Waals surface area contributed by atoms with E-state index in [1.54, 1.807) is 42.9 Å². The van der Waals surface area contributed by atoms with Gasteiger partial charge in [0, 0.05) is 57.3 Å². The number of likely N-dealkylation sites (tertiary alicyclic amines) is 1. The molecule has 1 saturated heterocycles. The van der Waals surface area contributed by atoms with Gasteiger partial charge in [0.25, 0.3) is 11.8 Å². The molecule has 0 radical (unpaired) electrons. The summed E-state index contributed by atoms with van der Waals surface area (Å²) in [5, 5.41) is 22.5. The maximum Gasteiger partial charge on any atom is 0.253 e. The summed E-state index contributed by atoms with van der Waals surface area (Å²) in [6.45, 7) is 6.33. The van der Waals surface area contributed by atoms with Crippen molar-refractivity contribution < 1.29 is 14.4 Å². The maximum absolute atomic E-state index is 13.5. The standard InChI is InChI=1S/C37H46N8O3/c1-21(2)33-40-36(42-41-33)37(18-22(3)39-20-32(46)45-28(19-38)16-27-17-31(27)45)29-12-10-25(34(47)43(4)5)14-23(29)8-9-24-15-26(11-13-30(24)37)35(48)44(6)7/h10-15,21-22,27-28,31,39H,8-9,16-18,20H2,1-7H3,(H,40,41,42)/t22-,27-,28+,31+/m1/s1. The molecule has 2 aliphatic carbocycles. The van der Waals surface area contributed by atoms with E-state index in [1.807, 2.05) is 36.4 Å². The Morgan fingerprint density at radius 2 is 1.54 bits per heavy atom. The molecule has 3 aromatic rings. The Labute approximate surface area is 282 Å². The highest BCUT2D eigenvalue weighted by atomic mass is 16.2. The lowest BCUT2D eigenvalue weighted by atomic mass is 9.67. The van der Waals surface area contributed by atoms with Gasteiger partial charge in [-0.3, -0.25) is 14.4 Å². The van der Waals surface area contributed by atoms with Crippen molar-refractivity contribution in [3.63, 3.8) is 0 Å². The summed E-state index contributed by atoms with van der Waals surface area (Å²) in [6, 6.07) is 13.8. The minimum absolute atomic E-state index is 0.0467. The van der Waals surface area contributed by atoms with Gasteiger partial charge >= 0.3 is 0 Å². The number of hydrogen-bond acceptors (Lipinski definition) is 7. The Morgan fingerprint density at radius 1 is 0.958 bits per heavy atom. The van der Waals surface area contributed by atoms with Gasteiger partial charge in [-0.05, 0) is 91.5 Å². The van der Waals surface area contributed by atoms with Crippen molar-refractivity contribution in [3.05, 3.63) is 81.4 Å². The quantitative estimate of drug-likeness (QED) is 0.361. The van der Waals surface area contributed by atoms with Gasteiger partial charge in [0.05, 0.1) is 18.0 Å². The number of benzene rings is 2. The zero-order valence-corrected chi connectivity index (χ0v) is 29.0. The van der Waals surface area contributed by atoms with Crippen molar-refractivity contribution in [3.8, 4) is 6.07 Å². The Kier molecular flexibility index (Phi) is 8.90. The summed E-state index contributed by atoms with van der Waals surface area (Å²) in [5.41, 5.74) is 4.45. The number of amides is 3. The third kappa shape index (κ3) is 5.87. The van der Waals surface area contributed by atoms with Crippen molar-refractivity contribution in [2.24, 2.45) is 5.92 Å². The molecule has 1 aliphatic heterocycles. The molecule has 252 valence electrons. The number of aromatic amines is 1. The normalized spacial score (nSPS) is 21.0. The van der Waals surface area contributed by atoms with E-state index in [2.05, 4.69) is 42.2 Å². The minimum atomic E-state index is -0.847. The molecular formula is C37H46N8O3. The summed E-state index contributed by atoms with van der Waals surface area (Å²) < 4.78 is 0. The van der Waals surface area contributed by atoms with Crippen LogP contribution in [-0.4, -0.2) is 100 Å². The van der Waals surface area contributed by atoms with Gasteiger partial charge in [0.1, 0.15) is 17.7 Å². The molecule has 4 atom stereocenters. The number of aromatic nitrogens is 3. The third-order valence-electron chi connectivity index (χ3n) is 10.3. The number of aryl methyl sites for hydroxylation is 2. The van der Waals surface area contributed by atoms with Crippen molar-refractivity contribution in [2.45, 2.75) is 82.3 Å². The van der Waals surface area contributed by atoms with Crippen LogP contribution in [0.5, 0.6) is 0 Å². The monoisotopic (exact) mass is 650 g/mol. The van der Waals surface area contributed by atoms with Crippen LogP contribution in [0.2, 0.25) is 0 Å². The first-order chi connectivity index (χ1) is 22.8. The number of carbonyl (C=O) groups excluding carboxylic acids is 3. The Hall–Kier alpha value is -4.56. The highest BCUT2D eigenvalue weighted by Crippen LogP contribution is 2.49. The Balaban J connectivity index is 1.47. The van der Waals surface area contributed by atoms with Gasteiger partial charge in [0.2, 0.25) is 5.91 Å². The van der Waals surface area contributed by atoms with E-state index < -0.39 is 5.41 Å². The highest BCUT2D eigenvalue weighted by molar-refractivity contribution is 5.95. The molecule has 11 heteroatoms. The molecule has 2 fully saturated rings. The molecule has 3 amide bonds. The summed E-state index contributed by atoms with van der Waals surface area (Å²) in [4.78, 5) is 48.2. The number of nitrogens with zero attached hydrogens (tertiary/aromatic N) is 6. The summed E-state index contributed by atoms with van der Waals surface area (Å²) >= 11 is 0. The van der Waals surface area contributed by atoms with E-state index in [4.69, 9.17) is 5.10 Å². The molecule has 48 heavy (non-hydrogen) atoms. The van der Waals surface area contributed by atoms with E-state index in [9.17, 15) is 19.6 Å². The van der Waals surface area contributed by atoms with Crippen LogP contribution >= 0.6 is 0 Å². The summed E-state index contributed by atoms with van der Waals surface area (Å²) in [7, 11) is 6.99. The lowest BCUT2D eigenvalue weighted by molar-refractivity contribution is -0.131. The van der Waals surface area contributed by atoms with Gasteiger partial charge in [0.15, 0.2) is 0 Å². The van der Waals surface area contributed by atoms with E-state index in [1.165, 1.54) is 0 Å². The fourth-order valence-corrected chi connectivity index (χ4v) is 7.74. The van der Waals surface area contributed by atoms with Gasteiger partial charge in [-0.25, -0.2) is 0 Å². The molecular weight excluding hydrogens is 604 g/mol. The Bertz CT molecular complexity index is 1720. The molecule has 0 unspecified atom stereocenters. The first kappa shape index (κ1) is 33.3. The second-order valence-electron chi connectivity index (χ2n) is 14.5. The molecule has 0 bridgehead atoms. The topological polar surface area (TPSA) is 138 Å². The van der Waals surface area contributed by atoms with Crippen LogP contribution in [0.25, 0.3) is 0 Å². The Morgan fingerprint density at radius 3 is 2.04 bits per heavy atom. The third-order valence-corrected chi connectivity index (χ3v) is 10.3. The second-order valence-corrected chi connectivity index (χ2v) is 14.5. The van der Waals surface area contributed by atoms with E-state index in [0.717, 1.165) is 40.9 Å². The molecule has 2 N–H and O–H groups in total. The predicted octanol–water partition coefficient (Wildman–Crippen LogP) is 3.65. The van der Waals surface area contributed by atoms with Crippen molar-refractivity contribution in [1.29, 1.82) is 5.26 Å². The van der Waals surface area contributed by atoms with E-state index >= 15 is 0 Å². The molecule has 2 heterocycles. The number of piperidine rings is 1. The molecule has 1 aromatic heterocycles. The number of fused-ring (bicyclic) bond motifs is 3. The number of hydrogen-bond donors (Lipinski definition) is 2. The van der Waals surface area contributed by atoms with Crippen molar-refractivity contribution >= 4 is 17.7 Å². The number of nitrogens with one attached hydrogen (secondary N) is 2.